The Labute approximate surface area is 189 Å². The van der Waals surface area contributed by atoms with Crippen molar-refractivity contribution in [3.63, 3.8) is 0 Å². The van der Waals surface area contributed by atoms with Crippen molar-refractivity contribution in [2.75, 3.05) is 44.8 Å². The first kappa shape index (κ1) is 20.7. The van der Waals surface area contributed by atoms with Gasteiger partial charge >= 0.3 is 0 Å². The summed E-state index contributed by atoms with van der Waals surface area (Å²) in [6, 6.07) is 30.4. The fourth-order valence-corrected chi connectivity index (χ4v) is 4.77. The van der Waals surface area contributed by atoms with Crippen molar-refractivity contribution < 1.29 is 4.74 Å². The van der Waals surface area contributed by atoms with Gasteiger partial charge in [-0.2, -0.15) is 0 Å². The van der Waals surface area contributed by atoms with Gasteiger partial charge in [-0.25, -0.2) is 4.98 Å². The van der Waals surface area contributed by atoms with Crippen LogP contribution in [0.15, 0.2) is 84.9 Å². The summed E-state index contributed by atoms with van der Waals surface area (Å²) in [5.41, 5.74) is 4.92. The zero-order valence-electron chi connectivity index (χ0n) is 18.6. The molecule has 164 valence electrons. The van der Waals surface area contributed by atoms with E-state index in [1.54, 1.807) is 7.11 Å². The quantitative estimate of drug-likeness (QED) is 0.433. The monoisotopic (exact) mass is 426 g/mol. The number of benzene rings is 3. The largest absolute Gasteiger partial charge is 0.383 e. The van der Waals surface area contributed by atoms with E-state index in [1.807, 2.05) is 0 Å². The summed E-state index contributed by atoms with van der Waals surface area (Å²) in [7, 11) is 1.75. The van der Waals surface area contributed by atoms with Gasteiger partial charge in [0.05, 0.1) is 23.7 Å². The van der Waals surface area contributed by atoms with Crippen LogP contribution in [-0.4, -0.2) is 54.3 Å². The summed E-state index contributed by atoms with van der Waals surface area (Å²) in [6.07, 6.45) is 0. The molecule has 0 amide bonds. The molecule has 1 aliphatic heterocycles. The van der Waals surface area contributed by atoms with Crippen LogP contribution in [0.3, 0.4) is 0 Å². The highest BCUT2D eigenvalue weighted by Gasteiger charge is 2.28. The summed E-state index contributed by atoms with van der Waals surface area (Å²) in [5.74, 6) is 1.05. The van der Waals surface area contributed by atoms with Crippen LogP contribution in [0.4, 0.5) is 5.95 Å². The molecule has 3 aromatic carbocycles. The number of imidazole rings is 1. The lowest BCUT2D eigenvalue weighted by molar-refractivity contribution is 0.187. The maximum atomic E-state index is 5.38. The third-order valence-corrected chi connectivity index (χ3v) is 6.35. The molecule has 2 heterocycles. The molecule has 0 bridgehead atoms. The average molecular weight is 427 g/mol. The van der Waals surface area contributed by atoms with Crippen LogP contribution in [0.25, 0.3) is 11.0 Å². The molecule has 0 atom stereocenters. The molecule has 0 radical (unpaired) electrons. The molecule has 1 fully saturated rings. The summed E-state index contributed by atoms with van der Waals surface area (Å²) in [4.78, 5) is 10.0. The van der Waals surface area contributed by atoms with Crippen molar-refractivity contribution in [1.29, 1.82) is 0 Å². The van der Waals surface area contributed by atoms with E-state index in [1.165, 1.54) is 16.6 Å². The number of hydrogen-bond donors (Lipinski definition) is 0. The van der Waals surface area contributed by atoms with E-state index in [4.69, 9.17) is 9.72 Å². The van der Waals surface area contributed by atoms with Gasteiger partial charge in [0.15, 0.2) is 0 Å². The molecule has 4 aromatic rings. The van der Waals surface area contributed by atoms with Gasteiger partial charge in [-0.15, -0.1) is 0 Å². The van der Waals surface area contributed by atoms with Crippen LogP contribution >= 0.6 is 0 Å². The lowest BCUT2D eigenvalue weighted by Crippen LogP contribution is -2.48. The molecule has 5 heteroatoms. The number of nitrogens with zero attached hydrogens (tertiary/aromatic N) is 4. The maximum absolute atomic E-state index is 5.38. The average Bonchev–Trinajstić information content (AvgIpc) is 3.23. The van der Waals surface area contributed by atoms with E-state index in [-0.39, 0.29) is 6.04 Å². The highest BCUT2D eigenvalue weighted by Crippen LogP contribution is 2.31. The van der Waals surface area contributed by atoms with E-state index >= 15 is 0 Å². The first-order valence-corrected chi connectivity index (χ1v) is 11.4. The highest BCUT2D eigenvalue weighted by molar-refractivity contribution is 5.78. The van der Waals surface area contributed by atoms with Crippen molar-refractivity contribution in [3.8, 4) is 0 Å². The van der Waals surface area contributed by atoms with E-state index in [9.17, 15) is 0 Å². The normalized spacial score (nSPS) is 15.0. The number of hydrogen-bond acceptors (Lipinski definition) is 4. The Morgan fingerprint density at radius 2 is 1.38 bits per heavy atom. The number of anilines is 1. The molecule has 0 spiro atoms. The molecular weight excluding hydrogens is 396 g/mol. The van der Waals surface area contributed by atoms with Crippen LogP contribution in [0, 0.1) is 0 Å². The molecular formula is C27H30N4O. The van der Waals surface area contributed by atoms with Gasteiger partial charge in [-0.1, -0.05) is 72.8 Å². The molecule has 1 aromatic heterocycles. The molecule has 0 saturated carbocycles. The summed E-state index contributed by atoms with van der Waals surface area (Å²) in [5, 5.41) is 0. The first-order chi connectivity index (χ1) is 15.8. The number of para-hydroxylation sites is 2. The minimum Gasteiger partial charge on any atom is -0.383 e. The summed E-state index contributed by atoms with van der Waals surface area (Å²) in [6.45, 7) is 5.36. The second kappa shape index (κ2) is 9.55. The second-order valence-corrected chi connectivity index (χ2v) is 8.29. The standard InChI is InChI=1S/C27H30N4O/c1-32-21-20-31-25-15-9-8-14-24(25)28-27(31)30-18-16-29(17-19-30)26(22-10-4-2-5-11-22)23-12-6-3-7-13-23/h2-15,26H,16-21H2,1H3. The van der Waals surface area contributed by atoms with E-state index in [2.05, 4.69) is 99.3 Å². The first-order valence-electron chi connectivity index (χ1n) is 11.4. The summed E-state index contributed by atoms with van der Waals surface area (Å²) < 4.78 is 7.68. The lowest BCUT2D eigenvalue weighted by atomic mass is 9.96. The van der Waals surface area contributed by atoms with Gasteiger partial charge in [-0.3, -0.25) is 4.90 Å². The minimum absolute atomic E-state index is 0.270. The van der Waals surface area contributed by atoms with Crippen molar-refractivity contribution in [2.24, 2.45) is 0 Å². The Kier molecular flexibility index (Phi) is 6.19. The molecule has 0 N–H and O–H groups in total. The van der Waals surface area contributed by atoms with Crippen LogP contribution in [-0.2, 0) is 11.3 Å². The Bertz CT molecular complexity index is 1090. The van der Waals surface area contributed by atoms with Crippen LogP contribution in [0.5, 0.6) is 0 Å². The van der Waals surface area contributed by atoms with Gasteiger partial charge < -0.3 is 14.2 Å². The van der Waals surface area contributed by atoms with Gasteiger partial charge in [0.2, 0.25) is 5.95 Å². The van der Waals surface area contributed by atoms with Gasteiger partial charge in [0.1, 0.15) is 0 Å². The Balaban J connectivity index is 1.40. The van der Waals surface area contributed by atoms with Crippen LogP contribution in [0.1, 0.15) is 17.2 Å². The molecule has 0 aliphatic carbocycles. The minimum atomic E-state index is 0.270. The van der Waals surface area contributed by atoms with E-state index in [0.717, 1.165) is 44.2 Å². The lowest BCUT2D eigenvalue weighted by Gasteiger charge is -2.40. The smallest absolute Gasteiger partial charge is 0.206 e. The number of fused-ring (bicyclic) bond motifs is 1. The molecule has 5 nitrogen and oxygen atoms in total. The Hall–Kier alpha value is -3.15. The van der Waals surface area contributed by atoms with Crippen molar-refractivity contribution in [2.45, 2.75) is 12.6 Å². The topological polar surface area (TPSA) is 33.5 Å². The van der Waals surface area contributed by atoms with Crippen LogP contribution in [0.2, 0.25) is 0 Å². The molecule has 5 rings (SSSR count). The zero-order chi connectivity index (χ0) is 21.8. The third-order valence-electron chi connectivity index (χ3n) is 6.35. The Morgan fingerprint density at radius 3 is 2.00 bits per heavy atom. The molecule has 1 aliphatic rings. The second-order valence-electron chi connectivity index (χ2n) is 8.29. The maximum Gasteiger partial charge on any atom is 0.206 e. The fourth-order valence-electron chi connectivity index (χ4n) is 4.77. The molecule has 0 unspecified atom stereocenters. The number of aromatic nitrogens is 2. The molecule has 1 saturated heterocycles. The van der Waals surface area contributed by atoms with Gasteiger partial charge in [0.25, 0.3) is 0 Å². The number of ether oxygens (including phenoxy) is 1. The number of piperazine rings is 1. The van der Waals surface area contributed by atoms with Crippen LogP contribution < -0.4 is 4.90 Å². The Morgan fingerprint density at radius 1 is 0.781 bits per heavy atom. The van der Waals surface area contributed by atoms with E-state index < -0.39 is 0 Å². The highest BCUT2D eigenvalue weighted by atomic mass is 16.5. The SMILES string of the molecule is COCCn1c(N2CCN(C(c3ccccc3)c3ccccc3)CC2)nc2ccccc21. The molecule has 32 heavy (non-hydrogen) atoms. The number of rotatable bonds is 7. The van der Waals surface area contributed by atoms with Crippen molar-refractivity contribution >= 4 is 17.0 Å². The summed E-state index contributed by atoms with van der Waals surface area (Å²) >= 11 is 0. The fraction of sp³-hybridized carbons (Fsp3) is 0.296. The van der Waals surface area contributed by atoms with Crippen molar-refractivity contribution in [1.82, 2.24) is 14.5 Å². The van der Waals surface area contributed by atoms with Crippen molar-refractivity contribution in [3.05, 3.63) is 96.1 Å². The van der Waals surface area contributed by atoms with Gasteiger partial charge in [-0.05, 0) is 23.3 Å². The zero-order valence-corrected chi connectivity index (χ0v) is 18.6. The van der Waals surface area contributed by atoms with Gasteiger partial charge in [0, 0.05) is 39.8 Å². The predicted molar refractivity (Wildman–Crippen MR) is 130 cm³/mol. The predicted octanol–water partition coefficient (Wildman–Crippen LogP) is 4.59. The van der Waals surface area contributed by atoms with E-state index in [0.29, 0.717) is 6.61 Å². The third kappa shape index (κ3) is 4.14. The number of methoxy groups -OCH3 is 1.